The van der Waals surface area contributed by atoms with Gasteiger partial charge in [0, 0.05) is 26.2 Å². The lowest BCUT2D eigenvalue weighted by Crippen LogP contribution is -2.47. The van der Waals surface area contributed by atoms with Gasteiger partial charge >= 0.3 is 5.97 Å². The van der Waals surface area contributed by atoms with Crippen LogP contribution in [0.3, 0.4) is 0 Å². The molecule has 0 aromatic heterocycles. The number of anilines is 1. The van der Waals surface area contributed by atoms with Gasteiger partial charge in [-0.15, -0.1) is 0 Å². The van der Waals surface area contributed by atoms with Crippen LogP contribution < -0.4 is 10.2 Å². The molecule has 0 spiro atoms. The Bertz CT molecular complexity index is 443. The van der Waals surface area contributed by atoms with E-state index in [4.69, 9.17) is 5.11 Å². The van der Waals surface area contributed by atoms with Crippen molar-refractivity contribution in [2.24, 2.45) is 0 Å². The summed E-state index contributed by atoms with van der Waals surface area (Å²) in [7, 11) is 1.80. The first-order valence-corrected chi connectivity index (χ1v) is 6.24. The highest BCUT2D eigenvalue weighted by atomic mass is 16.4. The van der Waals surface area contributed by atoms with Crippen LogP contribution in [0.15, 0.2) is 24.3 Å². The van der Waals surface area contributed by atoms with Gasteiger partial charge in [0.05, 0.1) is 0 Å². The first-order chi connectivity index (χ1) is 8.93. The number of carboxylic acid groups (broad SMARTS) is 1. The molecule has 19 heavy (non-hydrogen) atoms. The molecule has 0 aliphatic heterocycles. The Morgan fingerprint density at radius 3 is 2.32 bits per heavy atom. The van der Waals surface area contributed by atoms with Crippen molar-refractivity contribution in [1.82, 2.24) is 5.32 Å². The molecule has 0 aliphatic carbocycles. The summed E-state index contributed by atoms with van der Waals surface area (Å²) in [4.78, 5) is 23.8. The maximum Gasteiger partial charge on any atom is 0.328 e. The van der Waals surface area contributed by atoms with Crippen LogP contribution >= 0.6 is 0 Å². The fraction of sp³-hybridized carbons (Fsp3) is 0.429. The average Bonchev–Trinajstić information content (AvgIpc) is 2.37. The van der Waals surface area contributed by atoms with Crippen molar-refractivity contribution in [3.63, 3.8) is 0 Å². The molecule has 0 heterocycles. The van der Waals surface area contributed by atoms with Crippen molar-refractivity contribution in [3.8, 4) is 0 Å². The van der Waals surface area contributed by atoms with Crippen LogP contribution in [0.5, 0.6) is 0 Å². The average molecular weight is 264 g/mol. The monoisotopic (exact) mass is 264 g/mol. The molecule has 1 rings (SSSR count). The smallest absolute Gasteiger partial charge is 0.328 e. The molecule has 2 N–H and O–H groups in total. The Labute approximate surface area is 113 Å². The van der Waals surface area contributed by atoms with Gasteiger partial charge in [-0.3, -0.25) is 4.79 Å². The first-order valence-electron chi connectivity index (χ1n) is 6.24. The summed E-state index contributed by atoms with van der Waals surface area (Å²) in [6, 6.07) is 7.02. The lowest BCUT2D eigenvalue weighted by molar-refractivity contribution is -0.141. The molecule has 0 saturated heterocycles. The second-order valence-electron chi connectivity index (χ2n) is 4.49. The number of nitrogens with zero attached hydrogens (tertiary/aromatic N) is 1. The number of amides is 1. The van der Waals surface area contributed by atoms with E-state index in [0.717, 1.165) is 12.1 Å². The lowest BCUT2D eigenvalue weighted by Gasteiger charge is -2.24. The van der Waals surface area contributed by atoms with Crippen molar-refractivity contribution in [1.29, 1.82) is 0 Å². The number of carboxylic acids is 1. The number of carbonyl (C=O) groups is 2. The fourth-order valence-electron chi connectivity index (χ4n) is 1.80. The van der Waals surface area contributed by atoms with Gasteiger partial charge in [0.2, 0.25) is 5.91 Å². The summed E-state index contributed by atoms with van der Waals surface area (Å²) < 4.78 is 0. The molecule has 0 saturated carbocycles. The second kappa shape index (κ2) is 6.78. The Morgan fingerprint density at radius 1 is 1.32 bits per heavy atom. The minimum Gasteiger partial charge on any atom is -0.480 e. The zero-order valence-corrected chi connectivity index (χ0v) is 11.5. The van der Waals surface area contributed by atoms with Crippen molar-refractivity contribution < 1.29 is 14.7 Å². The van der Waals surface area contributed by atoms with E-state index in [1.165, 1.54) is 12.5 Å². The molecule has 5 heteroatoms. The third-order valence-electron chi connectivity index (χ3n) is 2.92. The highest BCUT2D eigenvalue weighted by Gasteiger charge is 2.20. The molecule has 1 aromatic carbocycles. The van der Waals surface area contributed by atoms with Crippen LogP contribution in [-0.4, -0.2) is 36.6 Å². The topological polar surface area (TPSA) is 69.6 Å². The number of nitrogens with one attached hydrogen (secondary N) is 1. The van der Waals surface area contributed by atoms with Crippen LogP contribution in [-0.2, 0) is 16.0 Å². The molecule has 1 aromatic rings. The van der Waals surface area contributed by atoms with E-state index in [-0.39, 0.29) is 12.5 Å². The van der Waals surface area contributed by atoms with E-state index in [1.54, 1.807) is 7.05 Å². The Morgan fingerprint density at radius 2 is 1.89 bits per heavy atom. The van der Waals surface area contributed by atoms with Gasteiger partial charge < -0.3 is 15.3 Å². The Hall–Kier alpha value is -2.04. The second-order valence-corrected chi connectivity index (χ2v) is 4.49. The van der Waals surface area contributed by atoms with Crippen LogP contribution in [0, 0.1) is 0 Å². The molecule has 1 amide bonds. The third-order valence-corrected chi connectivity index (χ3v) is 2.92. The molecule has 1 unspecified atom stereocenters. The summed E-state index contributed by atoms with van der Waals surface area (Å²) in [6.07, 6.45) is 0.966. The third kappa shape index (κ3) is 4.62. The van der Waals surface area contributed by atoms with Crippen molar-refractivity contribution in [3.05, 3.63) is 29.8 Å². The summed E-state index contributed by atoms with van der Waals surface area (Å²) in [5.74, 6) is -1.38. The van der Waals surface area contributed by atoms with Gasteiger partial charge in [-0.05, 0) is 24.1 Å². The van der Waals surface area contributed by atoms with E-state index in [2.05, 4.69) is 12.2 Å². The summed E-state index contributed by atoms with van der Waals surface area (Å²) in [6.45, 7) is 3.61. The van der Waals surface area contributed by atoms with Crippen molar-refractivity contribution in [2.75, 3.05) is 18.5 Å². The number of likely N-dealkylation sites (N-methyl/N-ethyl adjacent to an activating group) is 1. The molecule has 0 fully saturated rings. The predicted octanol–water partition coefficient (Wildman–Crippen LogP) is 1.27. The van der Waals surface area contributed by atoms with Gasteiger partial charge in [-0.25, -0.2) is 4.79 Å². The zero-order chi connectivity index (χ0) is 14.4. The van der Waals surface area contributed by atoms with Crippen LogP contribution in [0.2, 0.25) is 0 Å². The largest absolute Gasteiger partial charge is 0.480 e. The Balaban J connectivity index is 2.72. The van der Waals surface area contributed by atoms with Gasteiger partial charge in [-0.1, -0.05) is 19.1 Å². The molecule has 0 bridgehead atoms. The number of hydrogen-bond donors (Lipinski definition) is 2. The normalized spacial score (nSPS) is 11.7. The number of aliphatic carboxylic acids is 1. The number of rotatable bonds is 6. The van der Waals surface area contributed by atoms with Crippen molar-refractivity contribution >= 4 is 17.6 Å². The van der Waals surface area contributed by atoms with Gasteiger partial charge in [0.25, 0.3) is 0 Å². The molecule has 0 radical (unpaired) electrons. The molecule has 5 nitrogen and oxygen atoms in total. The summed E-state index contributed by atoms with van der Waals surface area (Å²) in [5, 5.41) is 11.5. The predicted molar refractivity (Wildman–Crippen MR) is 74.3 cm³/mol. The number of benzene rings is 1. The molecular formula is C14H20N2O3. The first kappa shape index (κ1) is 15.0. The van der Waals surface area contributed by atoms with Crippen LogP contribution in [0.4, 0.5) is 5.69 Å². The van der Waals surface area contributed by atoms with Crippen molar-refractivity contribution in [2.45, 2.75) is 26.3 Å². The van der Waals surface area contributed by atoms with Crippen LogP contribution in [0.1, 0.15) is 19.4 Å². The minimum absolute atomic E-state index is 0.223. The standard InChI is InChI=1S/C14H20N2O3/c1-4-11-5-7-12(8-6-11)16(3)9-13(14(18)19)15-10(2)17/h5-8,13H,4,9H2,1-3H3,(H,15,17)(H,18,19). The SMILES string of the molecule is CCc1ccc(N(C)CC(NC(C)=O)C(=O)O)cc1. The molecule has 1 atom stereocenters. The van der Waals surface area contributed by atoms with E-state index in [9.17, 15) is 9.59 Å². The van der Waals surface area contributed by atoms with E-state index in [0.29, 0.717) is 0 Å². The van der Waals surface area contributed by atoms with E-state index >= 15 is 0 Å². The summed E-state index contributed by atoms with van der Waals surface area (Å²) in [5.41, 5.74) is 2.16. The fourth-order valence-corrected chi connectivity index (χ4v) is 1.80. The maximum absolute atomic E-state index is 11.1. The number of carbonyl (C=O) groups excluding carboxylic acids is 1. The Kier molecular flexibility index (Phi) is 5.36. The van der Waals surface area contributed by atoms with E-state index in [1.807, 2.05) is 29.2 Å². The quantitative estimate of drug-likeness (QED) is 0.812. The summed E-state index contributed by atoms with van der Waals surface area (Å²) >= 11 is 0. The van der Waals surface area contributed by atoms with Crippen LogP contribution in [0.25, 0.3) is 0 Å². The van der Waals surface area contributed by atoms with Gasteiger partial charge in [0.15, 0.2) is 0 Å². The highest BCUT2D eigenvalue weighted by molar-refractivity contribution is 5.82. The lowest BCUT2D eigenvalue weighted by atomic mass is 10.1. The molecule has 0 aliphatic rings. The van der Waals surface area contributed by atoms with Gasteiger partial charge in [-0.2, -0.15) is 0 Å². The maximum atomic E-state index is 11.1. The highest BCUT2D eigenvalue weighted by Crippen LogP contribution is 2.14. The number of hydrogen-bond acceptors (Lipinski definition) is 3. The minimum atomic E-state index is -1.03. The molecular weight excluding hydrogens is 244 g/mol. The molecule has 104 valence electrons. The van der Waals surface area contributed by atoms with Gasteiger partial charge in [0.1, 0.15) is 6.04 Å². The van der Waals surface area contributed by atoms with E-state index < -0.39 is 12.0 Å². The number of aryl methyl sites for hydroxylation is 1. The zero-order valence-electron chi connectivity index (χ0n) is 11.5.